The van der Waals surface area contributed by atoms with Gasteiger partial charge in [0.25, 0.3) is 11.2 Å². The maximum Gasteiger partial charge on any atom is 0.280 e. The Morgan fingerprint density at radius 3 is 2.44 bits per heavy atom. The first-order valence-electron chi connectivity index (χ1n) is 10.00. The molecule has 0 unspecified atom stereocenters. The van der Waals surface area contributed by atoms with Gasteiger partial charge in [0.15, 0.2) is 0 Å². The van der Waals surface area contributed by atoms with Crippen molar-refractivity contribution in [3.63, 3.8) is 0 Å². The van der Waals surface area contributed by atoms with Crippen LogP contribution in [0.15, 0.2) is 58.3 Å². The lowest BCUT2D eigenvalue weighted by molar-refractivity contribution is -0.384. The van der Waals surface area contributed by atoms with E-state index in [0.717, 1.165) is 16.9 Å². The van der Waals surface area contributed by atoms with Gasteiger partial charge in [-0.1, -0.05) is 12.1 Å². The zero-order chi connectivity index (χ0) is 23.0. The summed E-state index contributed by atoms with van der Waals surface area (Å²) in [6.45, 7) is 7.50. The monoisotopic (exact) mass is 430 g/mol. The van der Waals surface area contributed by atoms with E-state index in [0.29, 0.717) is 28.3 Å². The van der Waals surface area contributed by atoms with Crippen LogP contribution in [0, 0.1) is 37.8 Å². The number of nitro groups is 1. The summed E-state index contributed by atoms with van der Waals surface area (Å²) in [7, 11) is 0. The highest BCUT2D eigenvalue weighted by Crippen LogP contribution is 2.26. The number of aryl methyl sites for hydroxylation is 3. The van der Waals surface area contributed by atoms with Gasteiger partial charge in [-0.05, 0) is 57.5 Å². The Kier molecular flexibility index (Phi) is 5.31. The van der Waals surface area contributed by atoms with Crippen molar-refractivity contribution in [2.45, 2.75) is 27.7 Å². The van der Waals surface area contributed by atoms with Gasteiger partial charge in [0.2, 0.25) is 0 Å². The topological polar surface area (TPSA) is 111 Å². The van der Waals surface area contributed by atoms with Crippen LogP contribution in [0.5, 0.6) is 0 Å². The number of aromatic nitrogens is 4. The molecule has 2 aromatic carbocycles. The van der Waals surface area contributed by atoms with Crippen LogP contribution in [0.3, 0.4) is 0 Å². The van der Waals surface area contributed by atoms with Crippen molar-refractivity contribution in [1.82, 2.24) is 19.6 Å². The Morgan fingerprint density at radius 2 is 1.78 bits per heavy atom. The van der Waals surface area contributed by atoms with Crippen LogP contribution in [0.25, 0.3) is 11.4 Å². The van der Waals surface area contributed by atoms with Gasteiger partial charge in [-0.3, -0.25) is 25.0 Å². The van der Waals surface area contributed by atoms with Gasteiger partial charge in [0.1, 0.15) is 5.69 Å². The molecule has 0 saturated carbocycles. The Bertz CT molecular complexity index is 1410. The minimum atomic E-state index is -0.441. The van der Waals surface area contributed by atoms with Crippen LogP contribution in [-0.2, 0) is 0 Å². The van der Waals surface area contributed by atoms with Crippen molar-refractivity contribution in [3.05, 3.63) is 97.2 Å². The quantitative estimate of drug-likeness (QED) is 0.290. The van der Waals surface area contributed by atoms with Crippen LogP contribution in [0.4, 0.5) is 11.4 Å². The molecule has 32 heavy (non-hydrogen) atoms. The predicted octanol–water partition coefficient (Wildman–Crippen LogP) is 4.24. The summed E-state index contributed by atoms with van der Waals surface area (Å²) in [5.41, 5.74) is 5.60. The Balaban J connectivity index is 1.69. The molecule has 0 bridgehead atoms. The van der Waals surface area contributed by atoms with E-state index in [1.54, 1.807) is 23.0 Å². The molecule has 0 amide bonds. The molecule has 162 valence electrons. The highest BCUT2D eigenvalue weighted by molar-refractivity contribution is 5.83. The van der Waals surface area contributed by atoms with Crippen molar-refractivity contribution in [3.8, 4) is 11.4 Å². The number of aromatic amines is 1. The van der Waals surface area contributed by atoms with Gasteiger partial charge in [0.05, 0.1) is 33.2 Å². The molecule has 9 heteroatoms. The molecule has 4 aromatic rings. The fraction of sp³-hybridized carbons (Fsp3) is 0.174. The average Bonchev–Trinajstić information content (AvgIpc) is 3.21. The first kappa shape index (κ1) is 21.0. The number of nitrogens with one attached hydrogen (secondary N) is 1. The zero-order valence-corrected chi connectivity index (χ0v) is 18.2. The van der Waals surface area contributed by atoms with E-state index in [4.69, 9.17) is 0 Å². The zero-order valence-electron chi connectivity index (χ0n) is 18.2. The predicted molar refractivity (Wildman–Crippen MR) is 123 cm³/mol. The summed E-state index contributed by atoms with van der Waals surface area (Å²) in [5, 5.41) is 18.5. The summed E-state index contributed by atoms with van der Waals surface area (Å²) in [6.07, 6.45) is 1.55. The van der Waals surface area contributed by atoms with Crippen molar-refractivity contribution in [2.75, 3.05) is 0 Å². The van der Waals surface area contributed by atoms with Crippen LogP contribution >= 0.6 is 0 Å². The first-order chi connectivity index (χ1) is 15.3. The largest absolute Gasteiger partial charge is 0.295 e. The number of benzene rings is 2. The minimum absolute atomic E-state index is 0.0151. The van der Waals surface area contributed by atoms with Crippen LogP contribution < -0.4 is 5.56 Å². The van der Waals surface area contributed by atoms with Gasteiger partial charge >= 0.3 is 0 Å². The van der Waals surface area contributed by atoms with E-state index in [1.165, 1.54) is 16.8 Å². The molecule has 0 atom stereocenters. The minimum Gasteiger partial charge on any atom is -0.295 e. The van der Waals surface area contributed by atoms with Crippen LogP contribution in [0.1, 0.15) is 28.2 Å². The molecule has 9 nitrogen and oxygen atoms in total. The van der Waals surface area contributed by atoms with E-state index in [2.05, 4.69) is 15.2 Å². The third-order valence-corrected chi connectivity index (χ3v) is 5.26. The van der Waals surface area contributed by atoms with Gasteiger partial charge in [0, 0.05) is 24.0 Å². The van der Waals surface area contributed by atoms with Gasteiger partial charge in [-0.2, -0.15) is 5.10 Å². The summed E-state index contributed by atoms with van der Waals surface area (Å²) < 4.78 is 3.18. The third-order valence-electron chi connectivity index (χ3n) is 5.26. The number of aliphatic imine (C=N–C) groups is 1. The Morgan fingerprint density at radius 1 is 1.06 bits per heavy atom. The molecule has 0 fully saturated rings. The average molecular weight is 430 g/mol. The van der Waals surface area contributed by atoms with Gasteiger partial charge in [-0.15, -0.1) is 0 Å². The van der Waals surface area contributed by atoms with Crippen LogP contribution in [-0.4, -0.2) is 30.7 Å². The number of non-ortho nitro benzene ring substituents is 1. The normalized spacial score (nSPS) is 11.4. The molecule has 0 aliphatic rings. The smallest absolute Gasteiger partial charge is 0.280 e. The van der Waals surface area contributed by atoms with Crippen molar-refractivity contribution < 1.29 is 4.92 Å². The number of hydrogen-bond donors (Lipinski definition) is 1. The van der Waals surface area contributed by atoms with Crippen molar-refractivity contribution in [1.29, 1.82) is 0 Å². The Hall–Kier alpha value is -4.27. The molecule has 2 aromatic heterocycles. The van der Waals surface area contributed by atoms with E-state index in [9.17, 15) is 14.9 Å². The van der Waals surface area contributed by atoms with E-state index in [-0.39, 0.29) is 11.2 Å². The number of rotatable bonds is 5. The molecule has 0 aliphatic heterocycles. The second kappa shape index (κ2) is 8.10. The lowest BCUT2D eigenvalue weighted by Gasteiger charge is -2.03. The number of nitro benzene ring substituents is 1. The molecule has 4 rings (SSSR count). The lowest BCUT2D eigenvalue weighted by atomic mass is 10.2. The molecule has 1 N–H and O–H groups in total. The Labute approximate surface area is 183 Å². The second-order valence-corrected chi connectivity index (χ2v) is 7.59. The van der Waals surface area contributed by atoms with E-state index < -0.39 is 4.92 Å². The number of hydrogen-bond acceptors (Lipinski definition) is 5. The first-order valence-corrected chi connectivity index (χ1v) is 10.00. The molecular weight excluding hydrogens is 408 g/mol. The van der Waals surface area contributed by atoms with E-state index >= 15 is 0 Å². The highest BCUT2D eigenvalue weighted by Gasteiger charge is 2.15. The summed E-state index contributed by atoms with van der Waals surface area (Å²) in [5.74, 6) is 0. The fourth-order valence-electron chi connectivity index (χ4n) is 3.58. The standard InChI is InChI=1S/C23H22N6O3/c1-14-6-5-7-20(12-14)28-23(30)21(15(2)25-28)13-24-22-16(3)26-27(17(22)4)18-8-10-19(11-9-18)29(31)32/h5-13,25H,1-4H3. The molecular formula is C23H22N6O3. The summed E-state index contributed by atoms with van der Waals surface area (Å²) >= 11 is 0. The maximum atomic E-state index is 13.0. The van der Waals surface area contributed by atoms with E-state index in [1.807, 2.05) is 52.0 Å². The third kappa shape index (κ3) is 3.76. The molecule has 0 saturated heterocycles. The molecule has 0 aliphatic carbocycles. The summed E-state index contributed by atoms with van der Waals surface area (Å²) in [6, 6.07) is 13.8. The molecule has 0 spiro atoms. The molecule has 2 heterocycles. The maximum absolute atomic E-state index is 13.0. The van der Waals surface area contributed by atoms with Crippen LogP contribution in [0.2, 0.25) is 0 Å². The SMILES string of the molecule is Cc1cccc(-n2[nH]c(C)c(C=Nc3c(C)nn(-c4ccc([N+](=O)[O-])cc4)c3C)c2=O)c1. The molecule has 0 radical (unpaired) electrons. The number of H-pyrrole nitrogens is 1. The van der Waals surface area contributed by atoms with Gasteiger partial charge < -0.3 is 0 Å². The fourth-order valence-corrected chi connectivity index (χ4v) is 3.58. The van der Waals surface area contributed by atoms with Gasteiger partial charge in [-0.25, -0.2) is 9.36 Å². The van der Waals surface area contributed by atoms with Crippen molar-refractivity contribution >= 4 is 17.6 Å². The summed E-state index contributed by atoms with van der Waals surface area (Å²) in [4.78, 5) is 28.0. The number of nitrogens with zero attached hydrogens (tertiary/aromatic N) is 5. The second-order valence-electron chi connectivity index (χ2n) is 7.59. The highest BCUT2D eigenvalue weighted by atomic mass is 16.6. The van der Waals surface area contributed by atoms with Crippen molar-refractivity contribution in [2.24, 2.45) is 4.99 Å². The lowest BCUT2D eigenvalue weighted by Crippen LogP contribution is -2.17.